The van der Waals surface area contributed by atoms with Crippen molar-refractivity contribution in [3.8, 4) is 11.5 Å². The number of hydrogen-bond acceptors (Lipinski definition) is 4. The summed E-state index contributed by atoms with van der Waals surface area (Å²) < 4.78 is 13.4. The topological polar surface area (TPSA) is 56.6 Å². The van der Waals surface area contributed by atoms with Gasteiger partial charge in [0.25, 0.3) is 0 Å². The molecule has 6 nitrogen and oxygen atoms in total. The van der Waals surface area contributed by atoms with Crippen LogP contribution in [0.2, 0.25) is 0 Å². The van der Waals surface area contributed by atoms with Crippen molar-refractivity contribution in [1.29, 1.82) is 0 Å². The molecule has 2 aromatic rings. The summed E-state index contributed by atoms with van der Waals surface area (Å²) in [5, 5.41) is 0. The summed E-state index contributed by atoms with van der Waals surface area (Å²) in [7, 11) is 0. The molecule has 1 fully saturated rings. The number of nitrogens with zero attached hydrogens (tertiary/aromatic N) is 3. The van der Waals surface area contributed by atoms with Gasteiger partial charge in [0.1, 0.15) is 25.6 Å². The maximum absolute atomic E-state index is 13.1. The number of benzene rings is 1. The fourth-order valence-corrected chi connectivity index (χ4v) is 4.29. The monoisotopic (exact) mass is 357 g/mol. The quantitative estimate of drug-likeness (QED) is 0.847. The van der Waals surface area contributed by atoms with E-state index in [1.165, 1.54) is 6.42 Å². The van der Waals surface area contributed by atoms with Crippen molar-refractivity contribution >= 4 is 16.9 Å². The van der Waals surface area contributed by atoms with Gasteiger partial charge in [-0.25, -0.2) is 4.98 Å². The van der Waals surface area contributed by atoms with Crippen LogP contribution in [0.4, 0.5) is 0 Å². The molecule has 0 aliphatic carbocycles. The number of fused-ring (bicyclic) bond motifs is 2. The third-order valence-corrected chi connectivity index (χ3v) is 5.58. The molecule has 1 aromatic heterocycles. The Labute approximate surface area is 154 Å². The predicted octanol–water partition coefficient (Wildman–Crippen LogP) is 3.16. The Balaban J connectivity index is 1.69. The van der Waals surface area contributed by atoms with Gasteiger partial charge in [-0.2, -0.15) is 0 Å². The first-order chi connectivity index (χ1) is 12.6. The average molecular weight is 357 g/mol. The lowest BCUT2D eigenvalue weighted by Crippen LogP contribution is -2.48. The van der Waals surface area contributed by atoms with E-state index in [9.17, 15) is 4.79 Å². The lowest BCUT2D eigenvalue weighted by Gasteiger charge is -2.39. The zero-order valence-electron chi connectivity index (χ0n) is 15.8. The van der Waals surface area contributed by atoms with Gasteiger partial charge in [0.05, 0.1) is 11.0 Å². The molecular weight excluding hydrogens is 330 g/mol. The molecule has 4 rings (SSSR count). The van der Waals surface area contributed by atoms with E-state index in [0.29, 0.717) is 31.8 Å². The molecule has 1 amide bonds. The smallest absolute Gasteiger partial charge is 0.243 e. The summed E-state index contributed by atoms with van der Waals surface area (Å²) >= 11 is 0. The van der Waals surface area contributed by atoms with E-state index < -0.39 is 0 Å². The second kappa shape index (κ2) is 6.82. The molecule has 0 saturated carbocycles. The van der Waals surface area contributed by atoms with Gasteiger partial charge in [0.2, 0.25) is 5.91 Å². The van der Waals surface area contributed by atoms with Crippen LogP contribution < -0.4 is 9.47 Å². The largest absolute Gasteiger partial charge is 0.486 e. The Hall–Kier alpha value is -2.24. The van der Waals surface area contributed by atoms with Gasteiger partial charge in [0.15, 0.2) is 11.5 Å². The van der Waals surface area contributed by atoms with Crippen molar-refractivity contribution in [1.82, 2.24) is 14.5 Å². The van der Waals surface area contributed by atoms with Gasteiger partial charge in [-0.1, -0.05) is 6.92 Å². The molecule has 2 atom stereocenters. The molecule has 2 aliphatic rings. The Morgan fingerprint density at radius 1 is 1.15 bits per heavy atom. The van der Waals surface area contributed by atoms with E-state index >= 15 is 0 Å². The van der Waals surface area contributed by atoms with Gasteiger partial charge in [-0.15, -0.1) is 0 Å². The molecular formula is C20H27N3O3. The Kier molecular flexibility index (Phi) is 4.51. The number of aryl methyl sites for hydroxylation is 1. The fourth-order valence-electron chi connectivity index (χ4n) is 4.29. The number of aromatic nitrogens is 2. The van der Waals surface area contributed by atoms with E-state index in [1.807, 2.05) is 16.7 Å². The lowest BCUT2D eigenvalue weighted by atomic mass is 9.97. The third kappa shape index (κ3) is 2.91. The van der Waals surface area contributed by atoms with E-state index in [2.05, 4.69) is 25.7 Å². The molecule has 1 saturated heterocycles. The van der Waals surface area contributed by atoms with E-state index in [-0.39, 0.29) is 5.91 Å². The zero-order chi connectivity index (χ0) is 18.3. The molecule has 0 radical (unpaired) electrons. The maximum Gasteiger partial charge on any atom is 0.243 e. The molecule has 0 spiro atoms. The summed E-state index contributed by atoms with van der Waals surface area (Å²) in [6, 6.07) is 4.49. The van der Waals surface area contributed by atoms with Crippen molar-refractivity contribution in [3.63, 3.8) is 0 Å². The van der Waals surface area contributed by atoms with Gasteiger partial charge in [-0.05, 0) is 33.1 Å². The summed E-state index contributed by atoms with van der Waals surface area (Å²) in [5.74, 6) is 2.57. The molecule has 0 bridgehead atoms. The molecule has 6 heteroatoms. The van der Waals surface area contributed by atoms with Gasteiger partial charge >= 0.3 is 0 Å². The minimum Gasteiger partial charge on any atom is -0.486 e. The molecule has 26 heavy (non-hydrogen) atoms. The second-order valence-corrected chi connectivity index (χ2v) is 7.38. The number of carbonyl (C=O) groups is 1. The van der Waals surface area contributed by atoms with Gasteiger partial charge < -0.3 is 18.9 Å². The van der Waals surface area contributed by atoms with Crippen LogP contribution in [0.1, 0.15) is 45.9 Å². The van der Waals surface area contributed by atoms with E-state index in [4.69, 9.17) is 14.5 Å². The summed E-state index contributed by atoms with van der Waals surface area (Å²) in [4.78, 5) is 19.9. The number of hydrogen-bond donors (Lipinski definition) is 0. The minimum atomic E-state index is 0.175. The second-order valence-electron chi connectivity index (χ2n) is 7.38. The normalized spacial score (nSPS) is 22.7. The standard InChI is InChI=1S/C20H27N3O3/c1-4-19-21-15-10-17-18(26-9-8-25-17)11-16(15)22(19)12-20(24)23-13(2)6-5-7-14(23)3/h10-11,13-14H,4-9,12H2,1-3H3/t13-,14-/m0/s1. The van der Waals surface area contributed by atoms with Crippen molar-refractivity contribution in [2.75, 3.05) is 13.2 Å². The molecule has 0 unspecified atom stereocenters. The van der Waals surface area contributed by atoms with Gasteiger partial charge in [0, 0.05) is 30.6 Å². The van der Waals surface area contributed by atoms with Crippen molar-refractivity contribution in [2.45, 2.75) is 65.1 Å². The van der Waals surface area contributed by atoms with Gasteiger partial charge in [-0.3, -0.25) is 4.79 Å². The Morgan fingerprint density at radius 3 is 2.46 bits per heavy atom. The number of ether oxygens (including phenoxy) is 2. The fraction of sp³-hybridized carbons (Fsp3) is 0.600. The van der Waals surface area contributed by atoms with Crippen LogP contribution in [0.15, 0.2) is 12.1 Å². The van der Waals surface area contributed by atoms with Crippen LogP contribution in [0.3, 0.4) is 0 Å². The lowest BCUT2D eigenvalue weighted by molar-refractivity contribution is -0.137. The Morgan fingerprint density at radius 2 is 1.81 bits per heavy atom. The van der Waals surface area contributed by atoms with Crippen molar-refractivity contribution < 1.29 is 14.3 Å². The van der Waals surface area contributed by atoms with Crippen molar-refractivity contribution in [2.24, 2.45) is 0 Å². The highest BCUT2D eigenvalue weighted by molar-refractivity contribution is 5.84. The predicted molar refractivity (Wildman–Crippen MR) is 99.7 cm³/mol. The van der Waals surface area contributed by atoms with Crippen LogP contribution in [-0.2, 0) is 17.8 Å². The van der Waals surface area contributed by atoms with Crippen molar-refractivity contribution in [3.05, 3.63) is 18.0 Å². The summed E-state index contributed by atoms with van der Waals surface area (Å²) in [6.07, 6.45) is 4.14. The number of likely N-dealkylation sites (tertiary alicyclic amines) is 1. The van der Waals surface area contributed by atoms with Crippen LogP contribution >= 0.6 is 0 Å². The van der Waals surface area contributed by atoms with Crippen LogP contribution in [-0.4, -0.2) is 45.7 Å². The summed E-state index contributed by atoms with van der Waals surface area (Å²) in [6.45, 7) is 7.82. The van der Waals surface area contributed by atoms with E-state index in [1.54, 1.807) is 0 Å². The summed E-state index contributed by atoms with van der Waals surface area (Å²) in [5.41, 5.74) is 1.80. The number of piperidine rings is 1. The van der Waals surface area contributed by atoms with Crippen LogP contribution in [0.5, 0.6) is 11.5 Å². The van der Waals surface area contributed by atoms with Crippen LogP contribution in [0, 0.1) is 0 Å². The average Bonchev–Trinajstić information content (AvgIpc) is 2.96. The maximum atomic E-state index is 13.1. The number of amides is 1. The molecule has 3 heterocycles. The molecule has 0 N–H and O–H groups in total. The Bertz CT molecular complexity index is 819. The first-order valence-electron chi connectivity index (χ1n) is 9.68. The minimum absolute atomic E-state index is 0.175. The highest BCUT2D eigenvalue weighted by atomic mass is 16.6. The first-order valence-corrected chi connectivity index (χ1v) is 9.68. The molecule has 2 aliphatic heterocycles. The highest BCUT2D eigenvalue weighted by Gasteiger charge is 2.29. The zero-order valence-corrected chi connectivity index (χ0v) is 15.8. The molecule has 1 aromatic carbocycles. The SMILES string of the molecule is CCc1nc2cc3c(cc2n1CC(=O)N1[C@@H](C)CCC[C@@H]1C)OCCO3. The number of rotatable bonds is 3. The first kappa shape index (κ1) is 17.2. The number of imidazole rings is 1. The number of carbonyl (C=O) groups excluding carboxylic acids is 1. The van der Waals surface area contributed by atoms with E-state index in [0.717, 1.165) is 47.6 Å². The molecule has 140 valence electrons. The van der Waals surface area contributed by atoms with Crippen LogP contribution in [0.25, 0.3) is 11.0 Å². The third-order valence-electron chi connectivity index (χ3n) is 5.58. The highest BCUT2D eigenvalue weighted by Crippen LogP contribution is 2.35.